The van der Waals surface area contributed by atoms with Gasteiger partial charge in [-0.15, -0.1) is 18.3 Å². The van der Waals surface area contributed by atoms with E-state index in [1.165, 1.54) is 4.90 Å². The summed E-state index contributed by atoms with van der Waals surface area (Å²) < 4.78 is 20.5. The first-order valence-corrected chi connectivity index (χ1v) is 20.5. The molecule has 3 aliphatic rings. The minimum atomic E-state index is -0.931. The molecular weight excluding hydrogens is 667 g/mol. The van der Waals surface area contributed by atoms with Crippen LogP contribution in [0, 0.1) is 17.8 Å². The van der Waals surface area contributed by atoms with Gasteiger partial charge in [0.1, 0.15) is 17.1 Å². The zero-order valence-corrected chi connectivity index (χ0v) is 32.0. The molecule has 1 saturated carbocycles. The fourth-order valence-electron chi connectivity index (χ4n) is 7.79. The number of nitrogens with zero attached hydrogens (tertiary/aromatic N) is 1. The molecule has 0 amide bonds. The average Bonchev–Trinajstić information content (AvgIpc) is 3.11. The van der Waals surface area contributed by atoms with E-state index in [9.17, 15) is 10.2 Å². The van der Waals surface area contributed by atoms with Gasteiger partial charge in [-0.1, -0.05) is 55.3 Å². The molecule has 2 aromatic rings. The Kier molecular flexibility index (Phi) is 14.2. The van der Waals surface area contributed by atoms with Crippen molar-refractivity contribution in [3.05, 3.63) is 78.4 Å². The Labute approximate surface area is 308 Å². The number of allylic oxidation sites excluding steroid dienone is 1. The summed E-state index contributed by atoms with van der Waals surface area (Å²) in [4.78, 5) is 7.38. The Morgan fingerprint density at radius 3 is 2.50 bits per heavy atom. The van der Waals surface area contributed by atoms with Gasteiger partial charge in [0, 0.05) is 41.8 Å². The lowest BCUT2D eigenvalue weighted by Gasteiger charge is -2.58. The number of benzene rings is 2. The molecule has 0 spiro atoms. The Bertz CT molecular complexity index is 1440. The van der Waals surface area contributed by atoms with Crippen molar-refractivity contribution >= 4 is 29.2 Å². The highest BCUT2D eigenvalue weighted by atomic mass is 32.2. The number of hydrogen-bond donors (Lipinski definition) is 2. The lowest BCUT2D eigenvalue weighted by molar-refractivity contribution is -0.223. The van der Waals surface area contributed by atoms with Crippen LogP contribution in [0.25, 0.3) is 0 Å². The summed E-state index contributed by atoms with van der Waals surface area (Å²) in [6.07, 6.45) is 10.2. The number of ether oxygens (including phenoxy) is 3. The molecule has 1 fully saturated rings. The summed E-state index contributed by atoms with van der Waals surface area (Å²) in [5.74, 6) is 2.94. The largest absolute Gasteiger partial charge is 0.493 e. The molecule has 5 rings (SSSR count). The SMILES string of the molecule is C=CCO[C@@]12Oc3ccc(OCCSc4ccccc4)cc3[C@H]3[C@H](CCCCO)[C@@H](CCCCO)C=C(C(=NOC(C)(C)C)C[C@@H]1SCC)[C@H]32. The van der Waals surface area contributed by atoms with Gasteiger partial charge in [-0.05, 0) is 99.9 Å². The third kappa shape index (κ3) is 9.32. The summed E-state index contributed by atoms with van der Waals surface area (Å²) in [6, 6.07) is 16.7. The van der Waals surface area contributed by atoms with Gasteiger partial charge >= 0.3 is 0 Å². The molecule has 1 aliphatic heterocycles. The van der Waals surface area contributed by atoms with Gasteiger partial charge in [-0.25, -0.2) is 0 Å². The number of rotatable bonds is 19. The summed E-state index contributed by atoms with van der Waals surface area (Å²) in [7, 11) is 0. The zero-order valence-electron chi connectivity index (χ0n) is 30.4. The van der Waals surface area contributed by atoms with Crippen molar-refractivity contribution in [2.75, 3.05) is 37.9 Å². The maximum Gasteiger partial charge on any atom is 0.230 e. The van der Waals surface area contributed by atoms with Crippen LogP contribution in [0.1, 0.15) is 84.1 Å². The normalized spacial score (nSPS) is 26.4. The van der Waals surface area contributed by atoms with Crippen LogP contribution in [0.2, 0.25) is 0 Å². The van der Waals surface area contributed by atoms with Gasteiger partial charge < -0.3 is 29.3 Å². The van der Waals surface area contributed by atoms with Crippen LogP contribution in [0.3, 0.4) is 0 Å². The minimum absolute atomic E-state index is 0.0254. The number of unbranched alkanes of at least 4 members (excludes halogenated alkanes) is 2. The zero-order chi connectivity index (χ0) is 35.6. The molecule has 7 nitrogen and oxygen atoms in total. The minimum Gasteiger partial charge on any atom is -0.493 e. The Morgan fingerprint density at radius 2 is 1.80 bits per heavy atom. The van der Waals surface area contributed by atoms with E-state index in [-0.39, 0.29) is 42.1 Å². The van der Waals surface area contributed by atoms with Crippen molar-refractivity contribution in [3.63, 3.8) is 0 Å². The van der Waals surface area contributed by atoms with Gasteiger partial charge in [0.05, 0.1) is 30.1 Å². The van der Waals surface area contributed by atoms with Crippen molar-refractivity contribution in [1.82, 2.24) is 0 Å². The summed E-state index contributed by atoms with van der Waals surface area (Å²) >= 11 is 3.65. The summed E-state index contributed by atoms with van der Waals surface area (Å²) in [6.45, 7) is 13.6. The number of oxime groups is 1. The van der Waals surface area contributed by atoms with E-state index in [2.05, 4.69) is 56.0 Å². The molecule has 1 heterocycles. The van der Waals surface area contributed by atoms with Crippen LogP contribution in [0.15, 0.2) is 82.9 Å². The van der Waals surface area contributed by atoms with Crippen molar-refractivity contribution < 1.29 is 29.3 Å². The van der Waals surface area contributed by atoms with Gasteiger partial charge in [-0.3, -0.25) is 0 Å². The highest BCUT2D eigenvalue weighted by Crippen LogP contribution is 2.62. The second kappa shape index (κ2) is 18.4. The van der Waals surface area contributed by atoms with E-state index in [0.29, 0.717) is 19.6 Å². The molecule has 0 bridgehead atoms. The van der Waals surface area contributed by atoms with Crippen LogP contribution in [0.5, 0.6) is 11.5 Å². The number of fused-ring (bicyclic) bond motifs is 2. The van der Waals surface area contributed by atoms with Gasteiger partial charge in [0.25, 0.3) is 0 Å². The second-order valence-electron chi connectivity index (χ2n) is 14.4. The van der Waals surface area contributed by atoms with Crippen molar-refractivity contribution in [2.24, 2.45) is 22.9 Å². The van der Waals surface area contributed by atoms with Crippen LogP contribution >= 0.6 is 23.5 Å². The first kappa shape index (κ1) is 38.8. The van der Waals surface area contributed by atoms with Crippen LogP contribution < -0.4 is 9.47 Å². The maximum atomic E-state index is 9.82. The molecule has 0 unspecified atom stereocenters. The smallest absolute Gasteiger partial charge is 0.230 e. The van der Waals surface area contributed by atoms with Crippen LogP contribution in [-0.2, 0) is 9.57 Å². The number of aliphatic hydroxyl groups is 2. The van der Waals surface area contributed by atoms with Gasteiger partial charge in [0.2, 0.25) is 5.79 Å². The molecular formula is C41H57NO6S2. The fraction of sp³-hybridized carbons (Fsp3) is 0.585. The first-order valence-electron chi connectivity index (χ1n) is 18.4. The van der Waals surface area contributed by atoms with E-state index in [4.69, 9.17) is 24.2 Å². The van der Waals surface area contributed by atoms with Crippen LogP contribution in [-0.4, -0.2) is 70.5 Å². The monoisotopic (exact) mass is 723 g/mol. The van der Waals surface area contributed by atoms with Gasteiger partial charge in [-0.2, -0.15) is 11.8 Å². The highest BCUT2D eigenvalue weighted by molar-refractivity contribution is 8.00. The maximum absolute atomic E-state index is 9.82. The Balaban J connectivity index is 1.61. The molecule has 274 valence electrons. The van der Waals surface area contributed by atoms with E-state index >= 15 is 0 Å². The molecule has 0 aromatic heterocycles. The van der Waals surface area contributed by atoms with E-state index in [1.807, 2.05) is 50.7 Å². The predicted molar refractivity (Wildman–Crippen MR) is 207 cm³/mol. The number of thioether (sulfide) groups is 2. The van der Waals surface area contributed by atoms with E-state index in [1.54, 1.807) is 11.8 Å². The molecule has 0 radical (unpaired) electrons. The Morgan fingerprint density at radius 1 is 1.04 bits per heavy atom. The topological polar surface area (TPSA) is 89.7 Å². The molecule has 2 aliphatic carbocycles. The second-order valence-corrected chi connectivity index (χ2v) is 17.1. The van der Waals surface area contributed by atoms with Crippen molar-refractivity contribution in [3.8, 4) is 11.5 Å². The lowest BCUT2D eigenvalue weighted by Crippen LogP contribution is -2.64. The van der Waals surface area contributed by atoms with Gasteiger partial charge in [0.15, 0.2) is 0 Å². The summed E-state index contributed by atoms with van der Waals surface area (Å²) in [5, 5.41) is 24.4. The summed E-state index contributed by atoms with van der Waals surface area (Å²) in [5.41, 5.74) is 2.83. The molecule has 6 atom stereocenters. The molecule has 0 saturated heterocycles. The van der Waals surface area contributed by atoms with Crippen molar-refractivity contribution in [2.45, 2.75) is 100 Å². The average molecular weight is 724 g/mol. The molecule has 2 N–H and O–H groups in total. The number of hydrogen-bond acceptors (Lipinski definition) is 9. The fourth-order valence-corrected chi connectivity index (χ4v) is 9.72. The molecule has 9 heteroatoms. The lowest BCUT2D eigenvalue weighted by atomic mass is 9.56. The Hall–Kier alpha value is -2.43. The third-order valence-electron chi connectivity index (χ3n) is 9.78. The van der Waals surface area contributed by atoms with E-state index < -0.39 is 11.4 Å². The predicted octanol–water partition coefficient (Wildman–Crippen LogP) is 9.04. The first-order chi connectivity index (χ1) is 24.2. The quantitative estimate of drug-likeness (QED) is 0.0643. The van der Waals surface area contributed by atoms with Crippen molar-refractivity contribution in [1.29, 1.82) is 0 Å². The highest BCUT2D eigenvalue weighted by Gasteiger charge is 2.63. The third-order valence-corrected chi connectivity index (χ3v) is 12.0. The van der Waals surface area contributed by atoms with Crippen LogP contribution in [0.4, 0.5) is 0 Å². The van der Waals surface area contributed by atoms with E-state index in [0.717, 1.165) is 78.4 Å². The molecule has 50 heavy (non-hydrogen) atoms. The molecule has 2 aromatic carbocycles. The number of aliphatic hydroxyl groups excluding tert-OH is 2. The standard InChI is InChI=1S/C41H57NO6S2/c1-6-23-46-41-37(49-7-2)28-35(42-48-40(3,4)5)33-26-29(15-11-13-21-43)32(18-12-14-22-44)38(39(33)41)34-27-30(19-20-36(34)47-41)45-24-25-50-31-16-9-8-10-17-31/h6,8-10,16-17,19-20,26-27,29,32,37-39,43-44H,1,7,11-15,18,21-25,28H2,2-5H3/t29-,32+,37-,38+,39+,41+/m0/s1.